The molecule has 1 N–H and O–H groups in total. The average molecular weight is 309 g/mol. The third-order valence-corrected chi connectivity index (χ3v) is 3.59. The second-order valence-corrected chi connectivity index (χ2v) is 4.97. The molecule has 22 heavy (non-hydrogen) atoms. The first-order chi connectivity index (χ1) is 10.5. The Bertz CT molecular complexity index is 586. The monoisotopic (exact) mass is 309 g/mol. The van der Waals surface area contributed by atoms with Crippen molar-refractivity contribution in [2.24, 2.45) is 0 Å². The summed E-state index contributed by atoms with van der Waals surface area (Å²) in [4.78, 5) is 25.1. The lowest BCUT2D eigenvalue weighted by atomic mass is 10.1. The van der Waals surface area contributed by atoms with Crippen LogP contribution < -0.4 is 9.47 Å². The zero-order valence-electron chi connectivity index (χ0n) is 12.8. The van der Waals surface area contributed by atoms with Crippen molar-refractivity contribution in [3.8, 4) is 11.5 Å². The highest BCUT2D eigenvalue weighted by molar-refractivity contribution is 5.96. The van der Waals surface area contributed by atoms with Crippen molar-refractivity contribution in [1.29, 1.82) is 0 Å². The molecule has 1 aromatic carbocycles. The van der Waals surface area contributed by atoms with Crippen molar-refractivity contribution >= 4 is 11.9 Å². The fraction of sp³-hybridized carbons (Fsp3) is 0.467. The van der Waals surface area contributed by atoms with Gasteiger partial charge in [0.2, 0.25) is 0 Å². The molecule has 0 saturated carbocycles. The van der Waals surface area contributed by atoms with Gasteiger partial charge in [-0.1, -0.05) is 0 Å². The number of carbonyl (C=O) groups excluding carboxylic acids is 1. The van der Waals surface area contributed by atoms with Crippen LogP contribution in [-0.2, 0) is 9.53 Å². The number of aryl methyl sites for hydroxylation is 1. The van der Waals surface area contributed by atoms with Crippen LogP contribution in [0.15, 0.2) is 12.1 Å². The maximum absolute atomic E-state index is 12.6. The number of hydrogen-bond donors (Lipinski definition) is 1. The number of nitrogens with zero attached hydrogens (tertiary/aromatic N) is 1. The Labute approximate surface area is 128 Å². The van der Waals surface area contributed by atoms with E-state index in [9.17, 15) is 9.59 Å². The van der Waals surface area contributed by atoms with Crippen LogP contribution in [0.2, 0.25) is 0 Å². The van der Waals surface area contributed by atoms with Gasteiger partial charge in [-0.05, 0) is 24.6 Å². The minimum Gasteiger partial charge on any atom is -0.493 e. The highest BCUT2D eigenvalue weighted by Crippen LogP contribution is 2.31. The van der Waals surface area contributed by atoms with E-state index in [1.54, 1.807) is 19.1 Å². The van der Waals surface area contributed by atoms with Crippen molar-refractivity contribution in [1.82, 2.24) is 4.90 Å². The highest BCUT2D eigenvalue weighted by atomic mass is 16.5. The van der Waals surface area contributed by atoms with Crippen molar-refractivity contribution in [3.63, 3.8) is 0 Å². The molecule has 0 aromatic heterocycles. The first kappa shape index (κ1) is 16.1. The number of ether oxygens (including phenoxy) is 3. The molecule has 0 aliphatic carbocycles. The van der Waals surface area contributed by atoms with Gasteiger partial charge in [-0.2, -0.15) is 0 Å². The number of hydrogen-bond acceptors (Lipinski definition) is 5. The predicted octanol–water partition coefficient (Wildman–Crippen LogP) is 0.938. The molecule has 1 aliphatic heterocycles. The normalized spacial score (nSPS) is 18.0. The van der Waals surface area contributed by atoms with Crippen LogP contribution in [-0.4, -0.2) is 61.9 Å². The van der Waals surface area contributed by atoms with Crippen LogP contribution in [0.25, 0.3) is 0 Å². The molecular weight excluding hydrogens is 290 g/mol. The molecule has 0 radical (unpaired) electrons. The number of benzene rings is 1. The zero-order chi connectivity index (χ0) is 16.3. The van der Waals surface area contributed by atoms with Crippen molar-refractivity contribution in [2.75, 3.05) is 33.9 Å². The van der Waals surface area contributed by atoms with Crippen molar-refractivity contribution in [2.45, 2.75) is 13.0 Å². The SMILES string of the molecule is COc1cc(C)c(C(=O)N2CCOC(C(=O)O)C2)cc1OC. The second-order valence-electron chi connectivity index (χ2n) is 4.97. The number of rotatable bonds is 4. The Morgan fingerprint density at radius 3 is 2.50 bits per heavy atom. The van der Waals surface area contributed by atoms with Gasteiger partial charge in [-0.3, -0.25) is 4.79 Å². The Kier molecular flexibility index (Phi) is 4.87. The van der Waals surface area contributed by atoms with Crippen LogP contribution in [0.4, 0.5) is 0 Å². The Balaban J connectivity index is 2.27. The zero-order valence-corrected chi connectivity index (χ0v) is 12.8. The number of carboxylic acids is 1. The number of methoxy groups -OCH3 is 2. The molecule has 1 aromatic rings. The molecule has 1 atom stereocenters. The van der Waals surface area contributed by atoms with Gasteiger partial charge in [0.05, 0.1) is 27.4 Å². The second kappa shape index (κ2) is 6.65. The smallest absolute Gasteiger partial charge is 0.334 e. The summed E-state index contributed by atoms with van der Waals surface area (Å²) in [5.74, 6) is -0.309. The summed E-state index contributed by atoms with van der Waals surface area (Å²) >= 11 is 0. The average Bonchev–Trinajstić information content (AvgIpc) is 2.53. The fourth-order valence-corrected chi connectivity index (χ4v) is 2.36. The maximum Gasteiger partial charge on any atom is 0.334 e. The van der Waals surface area contributed by atoms with E-state index >= 15 is 0 Å². The third-order valence-electron chi connectivity index (χ3n) is 3.59. The Hall–Kier alpha value is -2.28. The summed E-state index contributed by atoms with van der Waals surface area (Å²) in [6.07, 6.45) is -0.988. The van der Waals surface area contributed by atoms with Crippen LogP contribution in [0.1, 0.15) is 15.9 Å². The van der Waals surface area contributed by atoms with E-state index in [0.29, 0.717) is 23.6 Å². The Morgan fingerprint density at radius 2 is 1.91 bits per heavy atom. The van der Waals surface area contributed by atoms with Gasteiger partial charge >= 0.3 is 5.97 Å². The van der Waals surface area contributed by atoms with Crippen molar-refractivity contribution < 1.29 is 28.9 Å². The molecule has 7 heteroatoms. The first-order valence-corrected chi connectivity index (χ1v) is 6.84. The molecular formula is C15H19NO6. The van der Waals surface area contributed by atoms with Crippen LogP contribution >= 0.6 is 0 Å². The summed E-state index contributed by atoms with van der Waals surface area (Å²) in [7, 11) is 3.02. The van der Waals surface area contributed by atoms with Gasteiger partial charge in [-0.15, -0.1) is 0 Å². The van der Waals surface area contributed by atoms with Crippen molar-refractivity contribution in [3.05, 3.63) is 23.3 Å². The van der Waals surface area contributed by atoms with Gasteiger partial charge in [-0.25, -0.2) is 4.79 Å². The molecule has 1 aliphatic rings. The first-order valence-electron chi connectivity index (χ1n) is 6.84. The van der Waals surface area contributed by atoms with E-state index in [1.165, 1.54) is 19.1 Å². The van der Waals surface area contributed by atoms with E-state index < -0.39 is 12.1 Å². The molecule has 1 fully saturated rings. The lowest BCUT2D eigenvalue weighted by Crippen LogP contribution is -2.48. The molecule has 7 nitrogen and oxygen atoms in total. The summed E-state index contributed by atoms with van der Waals surface area (Å²) in [5, 5.41) is 9.01. The number of aliphatic carboxylic acids is 1. The molecule has 0 spiro atoms. The van der Waals surface area contributed by atoms with Gasteiger partial charge < -0.3 is 24.2 Å². The van der Waals surface area contributed by atoms with Gasteiger partial charge in [0.1, 0.15) is 0 Å². The van der Waals surface area contributed by atoms with E-state index in [4.69, 9.17) is 19.3 Å². The van der Waals surface area contributed by atoms with Gasteiger partial charge in [0.25, 0.3) is 5.91 Å². The quantitative estimate of drug-likeness (QED) is 0.891. The minimum absolute atomic E-state index is 0.0297. The van der Waals surface area contributed by atoms with Crippen LogP contribution in [0.3, 0.4) is 0 Å². The Morgan fingerprint density at radius 1 is 1.27 bits per heavy atom. The molecule has 1 unspecified atom stereocenters. The number of amides is 1. The van der Waals surface area contributed by atoms with E-state index in [2.05, 4.69) is 0 Å². The van der Waals surface area contributed by atoms with E-state index in [-0.39, 0.29) is 19.1 Å². The lowest BCUT2D eigenvalue weighted by molar-refractivity contribution is -0.154. The molecule has 1 amide bonds. The summed E-state index contributed by atoms with van der Waals surface area (Å²) in [5.41, 5.74) is 1.20. The summed E-state index contributed by atoms with van der Waals surface area (Å²) in [6, 6.07) is 3.34. The van der Waals surface area contributed by atoms with Crippen LogP contribution in [0, 0.1) is 6.92 Å². The maximum atomic E-state index is 12.6. The van der Waals surface area contributed by atoms with E-state index in [1.807, 2.05) is 0 Å². The predicted molar refractivity (Wildman–Crippen MR) is 77.6 cm³/mol. The van der Waals surface area contributed by atoms with Gasteiger partial charge in [0, 0.05) is 12.1 Å². The highest BCUT2D eigenvalue weighted by Gasteiger charge is 2.30. The third kappa shape index (κ3) is 3.14. The van der Waals surface area contributed by atoms with E-state index in [0.717, 1.165) is 5.56 Å². The molecule has 120 valence electrons. The van der Waals surface area contributed by atoms with Gasteiger partial charge in [0.15, 0.2) is 17.6 Å². The molecule has 1 heterocycles. The lowest BCUT2D eigenvalue weighted by Gasteiger charge is -2.31. The number of morpholine rings is 1. The largest absolute Gasteiger partial charge is 0.493 e. The number of carboxylic acid groups (broad SMARTS) is 1. The molecule has 1 saturated heterocycles. The standard InChI is InChI=1S/C15H19NO6/c1-9-6-11(20-2)12(21-3)7-10(9)14(17)16-4-5-22-13(8-16)15(18)19/h6-7,13H,4-5,8H2,1-3H3,(H,18,19). The van der Waals surface area contributed by atoms with Crippen LogP contribution in [0.5, 0.6) is 11.5 Å². The topological polar surface area (TPSA) is 85.3 Å². The summed E-state index contributed by atoms with van der Waals surface area (Å²) in [6.45, 7) is 2.39. The molecule has 2 rings (SSSR count). The minimum atomic E-state index is -1.07. The number of carbonyl (C=O) groups is 2. The summed E-state index contributed by atoms with van der Waals surface area (Å²) < 4.78 is 15.5. The fourth-order valence-electron chi connectivity index (χ4n) is 2.36. The molecule has 0 bridgehead atoms.